The highest BCUT2D eigenvalue weighted by Crippen LogP contribution is 2.38. The van der Waals surface area contributed by atoms with Crippen LogP contribution in [-0.2, 0) is 4.79 Å². The molecule has 98 valence electrons. The molecule has 3 heteroatoms. The molecule has 0 spiro atoms. The normalized spacial score (nSPS) is 17.7. The van der Waals surface area contributed by atoms with Gasteiger partial charge in [-0.05, 0) is 43.9 Å². The Bertz CT molecular complexity index is 474. The quantitative estimate of drug-likeness (QED) is 0.786. The van der Waals surface area contributed by atoms with Crippen molar-refractivity contribution in [2.75, 3.05) is 11.1 Å². The number of carbonyl (C=O) groups is 1. The molecule has 0 aromatic heterocycles. The first kappa shape index (κ1) is 12.9. The van der Waals surface area contributed by atoms with Gasteiger partial charge in [0.15, 0.2) is 0 Å². The second-order valence-electron chi connectivity index (χ2n) is 5.75. The van der Waals surface area contributed by atoms with Crippen LogP contribution in [0.1, 0.15) is 43.7 Å². The fourth-order valence-corrected chi connectivity index (χ4v) is 2.66. The summed E-state index contributed by atoms with van der Waals surface area (Å²) in [4.78, 5) is 12.3. The number of carbonyl (C=O) groups excluding carboxylic acids is 1. The molecule has 1 amide bonds. The minimum atomic E-state index is -0.202. The van der Waals surface area contributed by atoms with Crippen molar-refractivity contribution in [3.8, 4) is 0 Å². The number of nitrogens with one attached hydrogen (secondary N) is 1. The van der Waals surface area contributed by atoms with Gasteiger partial charge in [-0.25, -0.2) is 0 Å². The molecular formula is C15H22N2O. The Labute approximate surface area is 109 Å². The molecule has 1 aromatic carbocycles. The molecule has 0 aliphatic heterocycles. The predicted molar refractivity (Wildman–Crippen MR) is 75.5 cm³/mol. The number of aryl methyl sites for hydroxylation is 2. The van der Waals surface area contributed by atoms with Crippen molar-refractivity contribution >= 4 is 17.3 Å². The third kappa shape index (κ3) is 2.35. The second-order valence-corrected chi connectivity index (χ2v) is 5.75. The summed E-state index contributed by atoms with van der Waals surface area (Å²) in [5.41, 5.74) is 9.39. The molecule has 0 saturated heterocycles. The molecule has 0 bridgehead atoms. The first-order chi connectivity index (χ1) is 8.42. The zero-order valence-corrected chi connectivity index (χ0v) is 11.5. The molecule has 0 atom stereocenters. The number of anilines is 2. The zero-order chi connectivity index (χ0) is 13.3. The van der Waals surface area contributed by atoms with E-state index in [0.29, 0.717) is 0 Å². The highest BCUT2D eigenvalue weighted by Gasteiger charge is 2.36. The van der Waals surface area contributed by atoms with Crippen molar-refractivity contribution < 1.29 is 4.79 Å². The van der Waals surface area contributed by atoms with Gasteiger partial charge in [0, 0.05) is 16.8 Å². The summed E-state index contributed by atoms with van der Waals surface area (Å²) in [6.07, 6.45) is 4.27. The van der Waals surface area contributed by atoms with E-state index in [9.17, 15) is 4.79 Å². The van der Waals surface area contributed by atoms with Crippen molar-refractivity contribution in [2.24, 2.45) is 5.41 Å². The Kier molecular flexibility index (Phi) is 3.33. The van der Waals surface area contributed by atoms with Crippen molar-refractivity contribution in [3.05, 3.63) is 23.3 Å². The average Bonchev–Trinajstić information content (AvgIpc) is 2.74. The van der Waals surface area contributed by atoms with Crippen LogP contribution in [0, 0.1) is 19.3 Å². The van der Waals surface area contributed by atoms with E-state index in [1.807, 2.05) is 26.0 Å². The van der Waals surface area contributed by atoms with Gasteiger partial charge in [0.05, 0.1) is 0 Å². The summed E-state index contributed by atoms with van der Waals surface area (Å²) in [7, 11) is 0. The van der Waals surface area contributed by atoms with Crippen molar-refractivity contribution in [1.82, 2.24) is 0 Å². The summed E-state index contributed by atoms with van der Waals surface area (Å²) in [6, 6.07) is 3.88. The number of amides is 1. The fraction of sp³-hybridized carbons (Fsp3) is 0.533. The van der Waals surface area contributed by atoms with Crippen LogP contribution in [-0.4, -0.2) is 5.91 Å². The van der Waals surface area contributed by atoms with Crippen LogP contribution >= 0.6 is 0 Å². The lowest BCUT2D eigenvalue weighted by Crippen LogP contribution is -2.31. The van der Waals surface area contributed by atoms with E-state index in [1.54, 1.807) is 0 Å². The van der Waals surface area contributed by atoms with Crippen LogP contribution < -0.4 is 11.1 Å². The minimum absolute atomic E-state index is 0.131. The number of hydrogen-bond donors (Lipinski definition) is 2. The lowest BCUT2D eigenvalue weighted by atomic mass is 9.87. The maximum atomic E-state index is 12.3. The van der Waals surface area contributed by atoms with E-state index in [0.717, 1.165) is 48.2 Å². The number of hydrogen-bond acceptors (Lipinski definition) is 2. The van der Waals surface area contributed by atoms with E-state index in [-0.39, 0.29) is 11.3 Å². The largest absolute Gasteiger partial charge is 0.398 e. The van der Waals surface area contributed by atoms with Gasteiger partial charge in [-0.3, -0.25) is 4.79 Å². The Morgan fingerprint density at radius 3 is 2.44 bits per heavy atom. The number of nitrogens with two attached hydrogens (primary N) is 1. The van der Waals surface area contributed by atoms with Crippen molar-refractivity contribution in [2.45, 2.75) is 46.5 Å². The Balaban J connectivity index is 2.19. The lowest BCUT2D eigenvalue weighted by molar-refractivity contribution is -0.124. The first-order valence-electron chi connectivity index (χ1n) is 6.60. The van der Waals surface area contributed by atoms with Gasteiger partial charge in [-0.15, -0.1) is 0 Å². The second kappa shape index (κ2) is 4.63. The van der Waals surface area contributed by atoms with E-state index in [1.165, 1.54) is 0 Å². The zero-order valence-electron chi connectivity index (χ0n) is 11.5. The van der Waals surface area contributed by atoms with E-state index in [4.69, 9.17) is 5.73 Å². The fourth-order valence-electron chi connectivity index (χ4n) is 2.66. The molecule has 0 unspecified atom stereocenters. The summed E-state index contributed by atoms with van der Waals surface area (Å²) in [5, 5.41) is 3.04. The van der Waals surface area contributed by atoms with Gasteiger partial charge in [0.25, 0.3) is 0 Å². The molecular weight excluding hydrogens is 224 g/mol. The van der Waals surface area contributed by atoms with Crippen LogP contribution in [0.15, 0.2) is 12.1 Å². The van der Waals surface area contributed by atoms with Crippen molar-refractivity contribution in [1.29, 1.82) is 0 Å². The summed E-state index contributed by atoms with van der Waals surface area (Å²) in [5.74, 6) is 0.131. The van der Waals surface area contributed by atoms with Gasteiger partial charge in [0.2, 0.25) is 5.91 Å². The third-order valence-electron chi connectivity index (χ3n) is 4.12. The molecule has 3 nitrogen and oxygen atoms in total. The number of benzene rings is 1. The smallest absolute Gasteiger partial charge is 0.230 e. The average molecular weight is 246 g/mol. The molecule has 1 aliphatic rings. The summed E-state index contributed by atoms with van der Waals surface area (Å²) >= 11 is 0. The molecule has 0 heterocycles. The first-order valence-corrected chi connectivity index (χ1v) is 6.60. The van der Waals surface area contributed by atoms with Crippen molar-refractivity contribution in [3.63, 3.8) is 0 Å². The van der Waals surface area contributed by atoms with E-state index < -0.39 is 0 Å². The lowest BCUT2D eigenvalue weighted by Gasteiger charge is -2.23. The Morgan fingerprint density at radius 1 is 1.22 bits per heavy atom. The van der Waals surface area contributed by atoms with Gasteiger partial charge < -0.3 is 11.1 Å². The van der Waals surface area contributed by atoms with Gasteiger partial charge in [0.1, 0.15) is 0 Å². The number of rotatable bonds is 2. The number of nitrogen functional groups attached to an aromatic ring is 1. The monoisotopic (exact) mass is 246 g/mol. The summed E-state index contributed by atoms with van der Waals surface area (Å²) < 4.78 is 0. The summed E-state index contributed by atoms with van der Waals surface area (Å²) in [6.45, 7) is 6.04. The highest BCUT2D eigenvalue weighted by atomic mass is 16.2. The molecule has 1 saturated carbocycles. The van der Waals surface area contributed by atoms with Crippen LogP contribution in [0.5, 0.6) is 0 Å². The van der Waals surface area contributed by atoms with Gasteiger partial charge in [-0.2, -0.15) is 0 Å². The van der Waals surface area contributed by atoms with Crippen LogP contribution in [0.4, 0.5) is 11.4 Å². The molecule has 3 N–H and O–H groups in total. The maximum absolute atomic E-state index is 12.3. The Hall–Kier alpha value is -1.51. The molecule has 0 radical (unpaired) electrons. The SMILES string of the molecule is Cc1cc(C)c(NC(=O)C2(C)CCCC2)cc1N. The minimum Gasteiger partial charge on any atom is -0.398 e. The van der Waals surface area contributed by atoms with Gasteiger partial charge in [-0.1, -0.05) is 25.8 Å². The third-order valence-corrected chi connectivity index (χ3v) is 4.12. The molecule has 1 aromatic rings. The van der Waals surface area contributed by atoms with E-state index >= 15 is 0 Å². The standard InChI is InChI=1S/C15H22N2O/c1-10-8-11(2)13(9-12(10)16)17-14(18)15(3)6-4-5-7-15/h8-9H,4-7,16H2,1-3H3,(H,17,18). The molecule has 1 fully saturated rings. The Morgan fingerprint density at radius 2 is 1.83 bits per heavy atom. The van der Waals surface area contributed by atoms with Crippen LogP contribution in [0.2, 0.25) is 0 Å². The van der Waals surface area contributed by atoms with Crippen LogP contribution in [0.3, 0.4) is 0 Å². The maximum Gasteiger partial charge on any atom is 0.230 e. The van der Waals surface area contributed by atoms with Crippen LogP contribution in [0.25, 0.3) is 0 Å². The highest BCUT2D eigenvalue weighted by molar-refractivity contribution is 5.96. The van der Waals surface area contributed by atoms with E-state index in [2.05, 4.69) is 12.2 Å². The molecule has 1 aliphatic carbocycles. The molecule has 18 heavy (non-hydrogen) atoms. The topological polar surface area (TPSA) is 55.1 Å². The molecule has 2 rings (SSSR count). The van der Waals surface area contributed by atoms with Gasteiger partial charge >= 0.3 is 0 Å². The predicted octanol–water partition coefficient (Wildman–Crippen LogP) is 3.40.